The van der Waals surface area contributed by atoms with Crippen LogP contribution in [-0.4, -0.2) is 11.1 Å². The lowest BCUT2D eigenvalue weighted by Crippen LogP contribution is -2.20. The van der Waals surface area contributed by atoms with E-state index in [9.17, 15) is 4.79 Å². The van der Waals surface area contributed by atoms with Crippen LogP contribution in [0.15, 0.2) is 34.9 Å². The van der Waals surface area contributed by atoms with Crippen LogP contribution in [0.25, 0.3) is 11.3 Å². The van der Waals surface area contributed by atoms with Crippen LogP contribution in [0.1, 0.15) is 24.7 Å². The predicted molar refractivity (Wildman–Crippen MR) is 68.8 cm³/mol. The highest BCUT2D eigenvalue weighted by atomic mass is 16.5. The fourth-order valence-electron chi connectivity index (χ4n) is 1.57. The van der Waals surface area contributed by atoms with Gasteiger partial charge in [-0.25, -0.2) is 0 Å². The van der Waals surface area contributed by atoms with Gasteiger partial charge in [-0.05, 0) is 6.92 Å². The number of nitrogens with one attached hydrogen (secondary N) is 1. The monoisotopic (exact) mass is 244 g/mol. The summed E-state index contributed by atoms with van der Waals surface area (Å²) < 4.78 is 5.18. The maximum absolute atomic E-state index is 11.1. The second-order valence-corrected chi connectivity index (χ2v) is 4.17. The minimum absolute atomic E-state index is 0.00304. The van der Waals surface area contributed by atoms with Gasteiger partial charge in [0.25, 0.3) is 0 Å². The molecule has 0 saturated heterocycles. The first-order valence-corrected chi connectivity index (χ1v) is 5.98. The second kappa shape index (κ2) is 5.49. The van der Waals surface area contributed by atoms with Crippen LogP contribution in [0.4, 0.5) is 0 Å². The number of rotatable bonds is 4. The Hall–Kier alpha value is -2.10. The van der Waals surface area contributed by atoms with Crippen molar-refractivity contribution < 1.29 is 9.32 Å². The van der Waals surface area contributed by atoms with Crippen molar-refractivity contribution in [3.63, 3.8) is 0 Å². The molecule has 1 aromatic heterocycles. The third kappa shape index (κ3) is 2.97. The zero-order valence-electron chi connectivity index (χ0n) is 10.6. The number of aromatic nitrogens is 1. The van der Waals surface area contributed by atoms with Gasteiger partial charge in [0.2, 0.25) is 5.91 Å². The highest BCUT2D eigenvalue weighted by molar-refractivity contribution is 5.75. The molecule has 1 amide bonds. The van der Waals surface area contributed by atoms with E-state index in [4.69, 9.17) is 4.52 Å². The van der Waals surface area contributed by atoms with Crippen molar-refractivity contribution in [2.75, 3.05) is 0 Å². The van der Waals surface area contributed by atoms with Crippen molar-refractivity contribution in [2.45, 2.75) is 26.8 Å². The first kappa shape index (κ1) is 12.4. The Morgan fingerprint density at radius 3 is 2.72 bits per heavy atom. The highest BCUT2D eigenvalue weighted by Gasteiger charge is 2.07. The van der Waals surface area contributed by atoms with Crippen LogP contribution in [0.2, 0.25) is 0 Å². The van der Waals surface area contributed by atoms with Crippen molar-refractivity contribution in [1.82, 2.24) is 10.5 Å². The lowest BCUT2D eigenvalue weighted by molar-refractivity contribution is -0.121. The Morgan fingerprint density at radius 2 is 2.06 bits per heavy atom. The average Bonchev–Trinajstić information content (AvgIpc) is 2.85. The smallest absolute Gasteiger partial charge is 0.220 e. The molecule has 0 spiro atoms. The summed E-state index contributed by atoms with van der Waals surface area (Å²) in [5.74, 6) is 0.663. The molecule has 2 rings (SSSR count). The molecule has 2 aromatic rings. The van der Waals surface area contributed by atoms with Gasteiger partial charge in [0.05, 0.1) is 6.54 Å². The van der Waals surface area contributed by atoms with Crippen molar-refractivity contribution in [3.05, 3.63) is 41.7 Å². The van der Waals surface area contributed by atoms with E-state index in [1.54, 1.807) is 0 Å². The molecule has 0 unspecified atom stereocenters. The van der Waals surface area contributed by atoms with E-state index in [2.05, 4.69) is 10.5 Å². The lowest BCUT2D eigenvalue weighted by atomic mass is 10.1. The number of hydrogen-bond acceptors (Lipinski definition) is 3. The molecule has 4 nitrogen and oxygen atoms in total. The van der Waals surface area contributed by atoms with Gasteiger partial charge >= 0.3 is 0 Å². The molecule has 0 aliphatic carbocycles. The van der Waals surface area contributed by atoms with E-state index in [1.807, 2.05) is 44.2 Å². The topological polar surface area (TPSA) is 55.1 Å². The van der Waals surface area contributed by atoms with Gasteiger partial charge in [-0.2, -0.15) is 0 Å². The van der Waals surface area contributed by atoms with E-state index in [-0.39, 0.29) is 5.91 Å². The summed E-state index contributed by atoms with van der Waals surface area (Å²) in [5.41, 5.74) is 3.01. The third-order valence-electron chi connectivity index (χ3n) is 2.69. The van der Waals surface area contributed by atoms with Gasteiger partial charge in [-0.15, -0.1) is 0 Å². The minimum Gasteiger partial charge on any atom is -0.359 e. The van der Waals surface area contributed by atoms with Crippen molar-refractivity contribution >= 4 is 5.91 Å². The second-order valence-electron chi connectivity index (χ2n) is 4.17. The summed E-state index contributed by atoms with van der Waals surface area (Å²) in [6.45, 7) is 4.23. The molecule has 18 heavy (non-hydrogen) atoms. The molecular weight excluding hydrogens is 228 g/mol. The van der Waals surface area contributed by atoms with Crippen molar-refractivity contribution in [2.24, 2.45) is 0 Å². The summed E-state index contributed by atoms with van der Waals surface area (Å²) in [4.78, 5) is 11.1. The molecule has 1 aromatic carbocycles. The van der Waals surface area contributed by atoms with Crippen LogP contribution >= 0.6 is 0 Å². The van der Waals surface area contributed by atoms with Crippen LogP contribution in [-0.2, 0) is 11.3 Å². The summed E-state index contributed by atoms with van der Waals surface area (Å²) in [7, 11) is 0. The Labute approximate surface area is 106 Å². The van der Waals surface area contributed by atoms with E-state index < -0.39 is 0 Å². The molecule has 0 saturated carbocycles. The largest absolute Gasteiger partial charge is 0.359 e. The number of amides is 1. The van der Waals surface area contributed by atoms with Gasteiger partial charge in [-0.1, -0.05) is 41.9 Å². The van der Waals surface area contributed by atoms with E-state index in [0.717, 1.165) is 11.3 Å². The SMILES string of the molecule is CCC(=O)NCc1cc(-c2ccc(C)cc2)no1. The van der Waals surface area contributed by atoms with Gasteiger partial charge in [0.1, 0.15) is 5.69 Å². The van der Waals surface area contributed by atoms with Gasteiger partial charge in [0.15, 0.2) is 5.76 Å². The molecule has 0 aliphatic rings. The maximum atomic E-state index is 11.1. The zero-order valence-corrected chi connectivity index (χ0v) is 10.6. The molecule has 94 valence electrons. The predicted octanol–water partition coefficient (Wildman–Crippen LogP) is 2.68. The van der Waals surface area contributed by atoms with Gasteiger partial charge < -0.3 is 9.84 Å². The molecule has 4 heteroatoms. The van der Waals surface area contributed by atoms with Crippen LogP contribution < -0.4 is 5.32 Å². The summed E-state index contributed by atoms with van der Waals surface area (Å²) in [5, 5.41) is 6.74. The third-order valence-corrected chi connectivity index (χ3v) is 2.69. The Morgan fingerprint density at radius 1 is 1.33 bits per heavy atom. The molecule has 0 bridgehead atoms. The lowest BCUT2D eigenvalue weighted by Gasteiger charge is -1.98. The van der Waals surface area contributed by atoms with Crippen LogP contribution in [0, 0.1) is 6.92 Å². The fourth-order valence-corrected chi connectivity index (χ4v) is 1.57. The fraction of sp³-hybridized carbons (Fsp3) is 0.286. The van der Waals surface area contributed by atoms with Gasteiger partial charge in [-0.3, -0.25) is 4.79 Å². The number of nitrogens with zero attached hydrogens (tertiary/aromatic N) is 1. The first-order chi connectivity index (χ1) is 8.69. The minimum atomic E-state index is 0.00304. The number of carbonyl (C=O) groups is 1. The zero-order chi connectivity index (χ0) is 13.0. The van der Waals surface area contributed by atoms with Crippen LogP contribution in [0.3, 0.4) is 0 Å². The van der Waals surface area contributed by atoms with E-state index in [1.165, 1.54) is 5.56 Å². The maximum Gasteiger partial charge on any atom is 0.220 e. The molecule has 0 aliphatic heterocycles. The molecule has 0 fully saturated rings. The summed E-state index contributed by atoms with van der Waals surface area (Å²) >= 11 is 0. The van der Waals surface area contributed by atoms with E-state index in [0.29, 0.717) is 18.7 Å². The number of hydrogen-bond donors (Lipinski definition) is 1. The molecule has 1 N–H and O–H groups in total. The average molecular weight is 244 g/mol. The Bertz CT molecular complexity index is 529. The molecule has 0 radical (unpaired) electrons. The number of aryl methyl sites for hydroxylation is 1. The normalized spacial score (nSPS) is 10.3. The Balaban J connectivity index is 2.06. The van der Waals surface area contributed by atoms with Crippen molar-refractivity contribution in [1.29, 1.82) is 0 Å². The molecule has 0 atom stereocenters. The first-order valence-electron chi connectivity index (χ1n) is 5.98. The number of benzene rings is 1. The standard InChI is InChI=1S/C14H16N2O2/c1-3-14(17)15-9-12-8-13(16-18-12)11-6-4-10(2)5-7-11/h4-8H,3,9H2,1-2H3,(H,15,17). The molecular formula is C14H16N2O2. The van der Waals surface area contributed by atoms with Crippen molar-refractivity contribution in [3.8, 4) is 11.3 Å². The van der Waals surface area contributed by atoms with E-state index >= 15 is 0 Å². The quantitative estimate of drug-likeness (QED) is 0.899. The molecule has 1 heterocycles. The summed E-state index contributed by atoms with van der Waals surface area (Å²) in [6.07, 6.45) is 0.471. The Kier molecular flexibility index (Phi) is 3.77. The van der Waals surface area contributed by atoms with Gasteiger partial charge in [0, 0.05) is 18.1 Å². The number of carbonyl (C=O) groups excluding carboxylic acids is 1. The van der Waals surface area contributed by atoms with Crippen LogP contribution in [0.5, 0.6) is 0 Å². The summed E-state index contributed by atoms with van der Waals surface area (Å²) in [6, 6.07) is 9.91. The highest BCUT2D eigenvalue weighted by Crippen LogP contribution is 2.19.